The number of halogens is 3. The van der Waals surface area contributed by atoms with Gasteiger partial charge in [0.15, 0.2) is 0 Å². The molecule has 0 spiro atoms. The maximum absolute atomic E-state index is 14.3. The Labute approximate surface area is 140 Å². The number of rotatable bonds is 8. The van der Waals surface area contributed by atoms with Crippen molar-refractivity contribution in [3.05, 3.63) is 59.9 Å². The van der Waals surface area contributed by atoms with Gasteiger partial charge in [0.25, 0.3) is 0 Å². The molecule has 5 heteroatoms. The van der Waals surface area contributed by atoms with Gasteiger partial charge in [0, 0.05) is 30.9 Å². The van der Waals surface area contributed by atoms with E-state index in [1.165, 1.54) is 6.07 Å². The largest absolute Gasteiger partial charge is 0.489 e. The van der Waals surface area contributed by atoms with Crippen LogP contribution in [-0.4, -0.2) is 24.8 Å². The van der Waals surface area contributed by atoms with Gasteiger partial charge in [0.1, 0.15) is 18.2 Å². The van der Waals surface area contributed by atoms with Gasteiger partial charge in [-0.15, -0.1) is 23.2 Å². The lowest BCUT2D eigenvalue weighted by molar-refractivity contribution is 0.304. The van der Waals surface area contributed by atoms with E-state index in [9.17, 15) is 4.39 Å². The summed E-state index contributed by atoms with van der Waals surface area (Å²) in [6.07, 6.45) is 0. The molecular formula is C17H18Cl2FNO. The van der Waals surface area contributed by atoms with E-state index >= 15 is 0 Å². The number of alkyl halides is 2. The molecule has 0 amide bonds. The molecule has 2 aromatic rings. The Bertz CT molecular complexity index is 574. The minimum Gasteiger partial charge on any atom is -0.489 e. The monoisotopic (exact) mass is 341 g/mol. The minimum atomic E-state index is -0.333. The van der Waals surface area contributed by atoms with E-state index in [0.717, 1.165) is 5.56 Å². The highest BCUT2D eigenvalue weighted by Gasteiger charge is 2.12. The van der Waals surface area contributed by atoms with E-state index in [2.05, 4.69) is 0 Å². The molecule has 0 aliphatic heterocycles. The van der Waals surface area contributed by atoms with E-state index in [1.54, 1.807) is 12.1 Å². The predicted octanol–water partition coefficient (Wildman–Crippen LogP) is 4.69. The fraction of sp³-hybridized carbons (Fsp3) is 0.294. The molecule has 118 valence electrons. The van der Waals surface area contributed by atoms with Crippen LogP contribution in [0.1, 0.15) is 5.56 Å². The smallest absolute Gasteiger partial charge is 0.150 e. The molecule has 0 unspecified atom stereocenters. The van der Waals surface area contributed by atoms with Gasteiger partial charge in [-0.2, -0.15) is 0 Å². The fourth-order valence-corrected chi connectivity index (χ4v) is 2.54. The standard InChI is InChI=1S/C17H18Cl2FNO/c18-8-10-21(11-9-19)17-7-6-15(12-16(17)20)22-13-14-4-2-1-3-5-14/h1-7,12H,8-11,13H2. The van der Waals surface area contributed by atoms with Gasteiger partial charge in [-0.1, -0.05) is 30.3 Å². The van der Waals surface area contributed by atoms with Gasteiger partial charge in [-0.25, -0.2) is 4.39 Å². The second-order valence-corrected chi connectivity index (χ2v) is 5.51. The zero-order chi connectivity index (χ0) is 15.8. The Morgan fingerprint density at radius 1 is 0.955 bits per heavy atom. The fourth-order valence-electron chi connectivity index (χ4n) is 2.13. The SMILES string of the molecule is Fc1cc(OCc2ccccc2)ccc1N(CCCl)CCCl. The second kappa shape index (κ2) is 8.86. The maximum Gasteiger partial charge on any atom is 0.150 e. The van der Waals surface area contributed by atoms with Gasteiger partial charge in [0.2, 0.25) is 0 Å². The number of anilines is 1. The third-order valence-corrected chi connectivity index (χ3v) is 3.56. The first kappa shape index (κ1) is 16.9. The number of hydrogen-bond donors (Lipinski definition) is 0. The number of benzene rings is 2. The average Bonchev–Trinajstić information content (AvgIpc) is 2.54. The molecule has 0 saturated heterocycles. The van der Waals surface area contributed by atoms with Crippen LogP contribution in [0.4, 0.5) is 10.1 Å². The summed E-state index contributed by atoms with van der Waals surface area (Å²) in [6.45, 7) is 1.51. The summed E-state index contributed by atoms with van der Waals surface area (Å²) in [5, 5.41) is 0. The molecule has 0 N–H and O–H groups in total. The number of ether oxygens (including phenoxy) is 1. The number of hydrogen-bond acceptors (Lipinski definition) is 2. The lowest BCUT2D eigenvalue weighted by Gasteiger charge is -2.23. The van der Waals surface area contributed by atoms with Crippen LogP contribution in [-0.2, 0) is 6.61 Å². The molecule has 2 nitrogen and oxygen atoms in total. The van der Waals surface area contributed by atoms with Gasteiger partial charge in [-0.3, -0.25) is 0 Å². The lowest BCUT2D eigenvalue weighted by Crippen LogP contribution is -2.28. The summed E-state index contributed by atoms with van der Waals surface area (Å²) < 4.78 is 19.9. The topological polar surface area (TPSA) is 12.5 Å². The van der Waals surface area contributed by atoms with Crippen LogP contribution in [0.15, 0.2) is 48.5 Å². The summed E-state index contributed by atoms with van der Waals surface area (Å²) in [7, 11) is 0. The molecule has 0 saturated carbocycles. The van der Waals surface area contributed by atoms with Crippen LogP contribution in [0.5, 0.6) is 5.75 Å². The summed E-state index contributed by atoms with van der Waals surface area (Å²) in [5.74, 6) is 1.01. The Morgan fingerprint density at radius 2 is 1.64 bits per heavy atom. The zero-order valence-corrected chi connectivity index (χ0v) is 13.7. The second-order valence-electron chi connectivity index (χ2n) is 4.75. The van der Waals surface area contributed by atoms with Crippen LogP contribution >= 0.6 is 23.2 Å². The summed E-state index contributed by atoms with van der Waals surface area (Å²) in [6, 6.07) is 14.6. The Hall–Kier alpha value is -1.45. The van der Waals surface area contributed by atoms with Gasteiger partial charge >= 0.3 is 0 Å². The Balaban J connectivity index is 2.05. The maximum atomic E-state index is 14.3. The van der Waals surface area contributed by atoms with Gasteiger partial charge < -0.3 is 9.64 Å². The van der Waals surface area contributed by atoms with E-state index < -0.39 is 0 Å². The Kier molecular flexibility index (Phi) is 6.81. The first-order valence-corrected chi connectivity index (χ1v) is 8.14. The first-order valence-electron chi connectivity index (χ1n) is 7.07. The van der Waals surface area contributed by atoms with Crippen molar-refractivity contribution in [1.82, 2.24) is 0 Å². The highest BCUT2D eigenvalue weighted by atomic mass is 35.5. The zero-order valence-electron chi connectivity index (χ0n) is 12.1. The molecule has 0 aliphatic carbocycles. The van der Waals surface area contributed by atoms with Crippen LogP contribution in [0.2, 0.25) is 0 Å². The lowest BCUT2D eigenvalue weighted by atomic mass is 10.2. The molecule has 22 heavy (non-hydrogen) atoms. The minimum absolute atomic E-state index is 0.333. The van der Waals surface area contributed by atoms with Crippen molar-refractivity contribution in [1.29, 1.82) is 0 Å². The molecule has 0 aliphatic rings. The van der Waals surface area contributed by atoms with Crippen molar-refractivity contribution in [2.45, 2.75) is 6.61 Å². The van der Waals surface area contributed by atoms with Crippen molar-refractivity contribution >= 4 is 28.9 Å². The quantitative estimate of drug-likeness (QED) is 0.646. The molecule has 0 atom stereocenters. The van der Waals surface area contributed by atoms with Gasteiger partial charge in [0.05, 0.1) is 5.69 Å². The highest BCUT2D eigenvalue weighted by Crippen LogP contribution is 2.25. The van der Waals surface area contributed by atoms with Crippen LogP contribution in [0.25, 0.3) is 0 Å². The Morgan fingerprint density at radius 3 is 2.23 bits per heavy atom. The summed E-state index contributed by atoms with van der Waals surface area (Å²) in [4.78, 5) is 1.83. The summed E-state index contributed by atoms with van der Waals surface area (Å²) >= 11 is 11.5. The molecule has 0 aromatic heterocycles. The highest BCUT2D eigenvalue weighted by molar-refractivity contribution is 6.18. The average molecular weight is 342 g/mol. The van der Waals surface area contributed by atoms with E-state index in [4.69, 9.17) is 27.9 Å². The van der Waals surface area contributed by atoms with Crippen molar-refractivity contribution in [3.63, 3.8) is 0 Å². The van der Waals surface area contributed by atoms with E-state index in [1.807, 2.05) is 35.2 Å². The molecule has 0 radical (unpaired) electrons. The van der Waals surface area contributed by atoms with Crippen molar-refractivity contribution in [3.8, 4) is 5.75 Å². The van der Waals surface area contributed by atoms with E-state index in [0.29, 0.717) is 42.9 Å². The van der Waals surface area contributed by atoms with Crippen LogP contribution < -0.4 is 9.64 Å². The van der Waals surface area contributed by atoms with Crippen molar-refractivity contribution in [2.24, 2.45) is 0 Å². The molecule has 0 fully saturated rings. The molecular weight excluding hydrogens is 324 g/mol. The molecule has 2 aromatic carbocycles. The van der Waals surface area contributed by atoms with Gasteiger partial charge in [-0.05, 0) is 17.7 Å². The van der Waals surface area contributed by atoms with Crippen LogP contribution in [0, 0.1) is 5.82 Å². The molecule has 0 bridgehead atoms. The van der Waals surface area contributed by atoms with Crippen LogP contribution in [0.3, 0.4) is 0 Å². The van der Waals surface area contributed by atoms with Crippen molar-refractivity contribution < 1.29 is 9.13 Å². The number of nitrogens with zero attached hydrogens (tertiary/aromatic N) is 1. The van der Waals surface area contributed by atoms with E-state index in [-0.39, 0.29) is 5.82 Å². The molecule has 0 heterocycles. The molecule has 2 rings (SSSR count). The normalized spacial score (nSPS) is 10.5. The third-order valence-electron chi connectivity index (χ3n) is 3.22. The van der Waals surface area contributed by atoms with Crippen molar-refractivity contribution in [2.75, 3.05) is 29.7 Å². The third kappa shape index (κ3) is 4.79. The first-order chi connectivity index (χ1) is 10.7. The predicted molar refractivity (Wildman–Crippen MR) is 90.8 cm³/mol. The summed E-state index contributed by atoms with van der Waals surface area (Å²) in [5.41, 5.74) is 1.53.